The van der Waals surface area contributed by atoms with Crippen LogP contribution >= 0.6 is 0 Å². The molecular weight excluding hydrogens is 207 g/mol. The Morgan fingerprint density at radius 3 is 2.60 bits per heavy atom. The van der Waals surface area contributed by atoms with Crippen molar-refractivity contribution in [2.24, 2.45) is 5.92 Å². The third-order valence-corrected chi connectivity index (χ3v) is 3.37. The molecule has 0 amide bonds. The van der Waals surface area contributed by atoms with Crippen LogP contribution < -0.4 is 5.32 Å². The molecule has 1 fully saturated rings. The predicted molar refractivity (Wildman–Crippen MR) is 51.5 cm³/mol. The van der Waals surface area contributed by atoms with Crippen molar-refractivity contribution in [3.05, 3.63) is 0 Å². The molecule has 90 valence electrons. The lowest BCUT2D eigenvalue weighted by molar-refractivity contribution is -0.131. The van der Waals surface area contributed by atoms with Crippen molar-refractivity contribution in [3.8, 4) is 0 Å². The van der Waals surface area contributed by atoms with E-state index >= 15 is 0 Å². The van der Waals surface area contributed by atoms with Gasteiger partial charge in [-0.1, -0.05) is 19.8 Å². The quantitative estimate of drug-likeness (QED) is 0.767. The molecule has 2 nitrogen and oxygen atoms in total. The van der Waals surface area contributed by atoms with Crippen LogP contribution in [0, 0.1) is 5.92 Å². The Morgan fingerprint density at radius 1 is 1.47 bits per heavy atom. The summed E-state index contributed by atoms with van der Waals surface area (Å²) in [5.41, 5.74) is -0.704. The largest absolute Gasteiger partial charge is 0.401 e. The monoisotopic (exact) mass is 225 g/mol. The summed E-state index contributed by atoms with van der Waals surface area (Å²) in [5.74, 6) is 0.157. The van der Waals surface area contributed by atoms with Crippen LogP contribution in [0.3, 0.4) is 0 Å². The number of alkyl halides is 3. The molecule has 0 aromatic heterocycles. The van der Waals surface area contributed by atoms with E-state index in [-0.39, 0.29) is 12.5 Å². The van der Waals surface area contributed by atoms with Gasteiger partial charge in [-0.05, 0) is 18.8 Å². The fourth-order valence-electron chi connectivity index (χ4n) is 2.51. The molecule has 0 aliphatic heterocycles. The second-order valence-electron chi connectivity index (χ2n) is 4.28. The number of nitrogens with one attached hydrogen (secondary N) is 1. The smallest absolute Gasteiger partial charge is 0.394 e. The molecule has 5 heteroatoms. The fourth-order valence-corrected chi connectivity index (χ4v) is 2.51. The van der Waals surface area contributed by atoms with Crippen LogP contribution in [0.1, 0.15) is 32.6 Å². The molecule has 1 saturated carbocycles. The Morgan fingerprint density at radius 2 is 2.13 bits per heavy atom. The van der Waals surface area contributed by atoms with E-state index in [1.807, 2.05) is 6.92 Å². The lowest BCUT2D eigenvalue weighted by Crippen LogP contribution is -2.54. The normalized spacial score (nSPS) is 32.2. The Balaban J connectivity index is 2.60. The van der Waals surface area contributed by atoms with Crippen LogP contribution in [-0.2, 0) is 0 Å². The van der Waals surface area contributed by atoms with E-state index < -0.39 is 18.3 Å². The lowest BCUT2D eigenvalue weighted by Gasteiger charge is -2.35. The number of hydrogen-bond acceptors (Lipinski definition) is 2. The zero-order chi connectivity index (χ0) is 11.5. The summed E-state index contributed by atoms with van der Waals surface area (Å²) >= 11 is 0. The first-order valence-electron chi connectivity index (χ1n) is 5.36. The standard InChI is InChI=1S/C10H18F3NO/c1-2-8-4-3-5-9(8,7-15)14-6-10(11,12)13/h8,14-15H,2-7H2,1H3. The van der Waals surface area contributed by atoms with Crippen molar-refractivity contribution in [3.63, 3.8) is 0 Å². The highest BCUT2D eigenvalue weighted by Crippen LogP contribution is 2.37. The molecular formula is C10H18F3NO. The van der Waals surface area contributed by atoms with E-state index in [0.29, 0.717) is 6.42 Å². The molecule has 0 bridgehead atoms. The summed E-state index contributed by atoms with van der Waals surface area (Å²) in [4.78, 5) is 0. The van der Waals surface area contributed by atoms with Crippen molar-refractivity contribution >= 4 is 0 Å². The topological polar surface area (TPSA) is 32.3 Å². The molecule has 2 atom stereocenters. The molecule has 2 N–H and O–H groups in total. The van der Waals surface area contributed by atoms with E-state index in [2.05, 4.69) is 5.32 Å². The van der Waals surface area contributed by atoms with Gasteiger partial charge in [0.1, 0.15) is 0 Å². The van der Waals surface area contributed by atoms with Gasteiger partial charge in [0.05, 0.1) is 13.2 Å². The summed E-state index contributed by atoms with van der Waals surface area (Å²) < 4.78 is 36.3. The molecule has 0 radical (unpaired) electrons. The maximum Gasteiger partial charge on any atom is 0.401 e. The molecule has 2 unspecified atom stereocenters. The molecule has 1 rings (SSSR count). The highest BCUT2D eigenvalue weighted by molar-refractivity contribution is 4.98. The number of hydrogen-bond donors (Lipinski definition) is 2. The van der Waals surface area contributed by atoms with Gasteiger partial charge in [-0.3, -0.25) is 0 Å². The predicted octanol–water partition coefficient (Wildman–Crippen LogP) is 2.08. The summed E-state index contributed by atoms with van der Waals surface area (Å²) in [6, 6.07) is 0. The highest BCUT2D eigenvalue weighted by Gasteiger charge is 2.43. The average molecular weight is 225 g/mol. The van der Waals surface area contributed by atoms with Crippen LogP contribution in [0.15, 0.2) is 0 Å². The zero-order valence-corrected chi connectivity index (χ0v) is 8.90. The van der Waals surface area contributed by atoms with E-state index in [1.165, 1.54) is 0 Å². The minimum atomic E-state index is -4.21. The average Bonchev–Trinajstić information content (AvgIpc) is 2.57. The Labute approximate surface area is 87.9 Å². The third-order valence-electron chi connectivity index (χ3n) is 3.37. The molecule has 1 aliphatic carbocycles. The maximum atomic E-state index is 12.1. The van der Waals surface area contributed by atoms with Crippen LogP contribution in [0.5, 0.6) is 0 Å². The number of halogens is 3. The SMILES string of the molecule is CCC1CCCC1(CO)NCC(F)(F)F. The van der Waals surface area contributed by atoms with Crippen molar-refractivity contribution < 1.29 is 18.3 Å². The first-order chi connectivity index (χ1) is 6.93. The van der Waals surface area contributed by atoms with Crippen molar-refractivity contribution in [2.75, 3.05) is 13.2 Å². The first-order valence-corrected chi connectivity index (χ1v) is 5.36. The summed E-state index contributed by atoms with van der Waals surface area (Å²) in [7, 11) is 0. The number of aliphatic hydroxyl groups excluding tert-OH is 1. The molecule has 0 saturated heterocycles. The molecule has 0 spiro atoms. The van der Waals surface area contributed by atoms with Gasteiger partial charge in [-0.15, -0.1) is 0 Å². The minimum Gasteiger partial charge on any atom is -0.394 e. The fraction of sp³-hybridized carbons (Fsp3) is 1.00. The van der Waals surface area contributed by atoms with Gasteiger partial charge < -0.3 is 10.4 Å². The van der Waals surface area contributed by atoms with Gasteiger partial charge in [-0.25, -0.2) is 0 Å². The first kappa shape index (κ1) is 12.8. The van der Waals surface area contributed by atoms with Crippen LogP contribution in [0.4, 0.5) is 13.2 Å². The highest BCUT2D eigenvalue weighted by atomic mass is 19.4. The van der Waals surface area contributed by atoms with E-state index in [0.717, 1.165) is 19.3 Å². The summed E-state index contributed by atoms with van der Waals surface area (Å²) in [6.07, 6.45) is -0.960. The Bertz CT molecular complexity index is 207. The molecule has 0 heterocycles. The van der Waals surface area contributed by atoms with Gasteiger partial charge in [-0.2, -0.15) is 13.2 Å². The van der Waals surface area contributed by atoms with Crippen LogP contribution in [0.25, 0.3) is 0 Å². The third kappa shape index (κ3) is 3.08. The molecule has 0 aromatic carbocycles. The second kappa shape index (κ2) is 4.70. The molecule has 1 aliphatic rings. The summed E-state index contributed by atoms with van der Waals surface area (Å²) in [6.45, 7) is 0.737. The second-order valence-corrected chi connectivity index (χ2v) is 4.28. The van der Waals surface area contributed by atoms with Crippen LogP contribution in [-0.4, -0.2) is 30.0 Å². The van der Waals surface area contributed by atoms with Crippen LogP contribution in [0.2, 0.25) is 0 Å². The Kier molecular flexibility index (Phi) is 4.00. The van der Waals surface area contributed by atoms with Gasteiger partial charge in [0.2, 0.25) is 0 Å². The van der Waals surface area contributed by atoms with E-state index in [4.69, 9.17) is 0 Å². The van der Waals surface area contributed by atoms with Crippen molar-refractivity contribution in [1.29, 1.82) is 0 Å². The van der Waals surface area contributed by atoms with Crippen molar-refractivity contribution in [1.82, 2.24) is 5.32 Å². The maximum absolute atomic E-state index is 12.1. The Hall–Kier alpha value is -0.290. The number of rotatable bonds is 4. The molecule has 0 aromatic rings. The van der Waals surface area contributed by atoms with Crippen molar-refractivity contribution in [2.45, 2.75) is 44.3 Å². The zero-order valence-electron chi connectivity index (χ0n) is 8.90. The van der Waals surface area contributed by atoms with Gasteiger partial charge >= 0.3 is 6.18 Å². The number of aliphatic hydroxyl groups is 1. The van der Waals surface area contributed by atoms with E-state index in [9.17, 15) is 18.3 Å². The molecule has 15 heavy (non-hydrogen) atoms. The van der Waals surface area contributed by atoms with Gasteiger partial charge in [0.25, 0.3) is 0 Å². The summed E-state index contributed by atoms with van der Waals surface area (Å²) in [5, 5.41) is 11.8. The minimum absolute atomic E-state index is 0.157. The van der Waals surface area contributed by atoms with Gasteiger partial charge in [0.15, 0.2) is 0 Å². The van der Waals surface area contributed by atoms with Gasteiger partial charge in [0, 0.05) is 5.54 Å². The van der Waals surface area contributed by atoms with E-state index in [1.54, 1.807) is 0 Å². The lowest BCUT2D eigenvalue weighted by atomic mass is 9.86.